The maximum Gasteiger partial charge on any atom is 0.306 e. The van der Waals surface area contributed by atoms with Crippen molar-refractivity contribution < 1.29 is 9.90 Å². The Kier molecular flexibility index (Phi) is 4.05. The number of aliphatic carboxylic acids is 1. The minimum atomic E-state index is -0.577. The summed E-state index contributed by atoms with van der Waals surface area (Å²) in [5.41, 5.74) is 0.885. The van der Waals surface area contributed by atoms with Gasteiger partial charge in [-0.1, -0.05) is 33.6 Å². The van der Waals surface area contributed by atoms with Gasteiger partial charge in [0, 0.05) is 0 Å². The molecule has 8 atom stereocenters. The molecule has 0 heterocycles. The molecule has 0 amide bonds. The summed E-state index contributed by atoms with van der Waals surface area (Å²) in [7, 11) is 0. The van der Waals surface area contributed by atoms with Gasteiger partial charge in [-0.25, -0.2) is 0 Å². The highest BCUT2D eigenvalue weighted by molar-refractivity contribution is 5.70. The Bertz CT molecular complexity index is 514. The second kappa shape index (κ2) is 5.74. The van der Waals surface area contributed by atoms with Gasteiger partial charge >= 0.3 is 5.97 Å². The largest absolute Gasteiger partial charge is 0.481 e. The van der Waals surface area contributed by atoms with Crippen LogP contribution in [0.25, 0.3) is 0 Å². The SMILES string of the molecule is CC(C(=O)O)C1CCC2C3CCC4CCCCC4(C)C3CCC12C. The predicted molar refractivity (Wildman–Crippen MR) is 96.6 cm³/mol. The zero-order valence-corrected chi connectivity index (χ0v) is 15.9. The van der Waals surface area contributed by atoms with Crippen LogP contribution in [0.2, 0.25) is 0 Å². The molecule has 0 aliphatic heterocycles. The van der Waals surface area contributed by atoms with Crippen molar-refractivity contribution in [3.63, 3.8) is 0 Å². The van der Waals surface area contributed by atoms with E-state index in [2.05, 4.69) is 13.8 Å². The average molecular weight is 333 g/mol. The third-order valence-electron chi connectivity index (χ3n) is 9.65. The predicted octanol–water partition coefficient (Wildman–Crippen LogP) is 5.76. The van der Waals surface area contributed by atoms with Crippen molar-refractivity contribution in [2.24, 2.45) is 46.3 Å². The molecule has 4 aliphatic carbocycles. The molecule has 4 rings (SSSR count). The van der Waals surface area contributed by atoms with E-state index in [1.54, 1.807) is 0 Å². The zero-order chi connectivity index (χ0) is 17.1. The molecule has 0 spiro atoms. The van der Waals surface area contributed by atoms with Gasteiger partial charge in [-0.05, 0) is 91.8 Å². The summed E-state index contributed by atoms with van der Waals surface area (Å²) in [5.74, 6) is 3.24. The molecule has 0 aromatic rings. The summed E-state index contributed by atoms with van der Waals surface area (Å²) in [6.45, 7) is 7.05. The van der Waals surface area contributed by atoms with Crippen LogP contribution in [0.4, 0.5) is 0 Å². The van der Waals surface area contributed by atoms with Gasteiger partial charge in [-0.15, -0.1) is 0 Å². The molecule has 4 aliphatic rings. The Morgan fingerprint density at radius 1 is 0.917 bits per heavy atom. The maximum atomic E-state index is 11.6. The first-order chi connectivity index (χ1) is 11.4. The van der Waals surface area contributed by atoms with Gasteiger partial charge in [0.05, 0.1) is 5.92 Å². The van der Waals surface area contributed by atoms with Crippen LogP contribution in [0.1, 0.15) is 85.0 Å². The highest BCUT2D eigenvalue weighted by Gasteiger charge is 2.60. The Morgan fingerprint density at radius 2 is 1.67 bits per heavy atom. The second-order valence-electron chi connectivity index (χ2n) is 10.3. The molecule has 4 fully saturated rings. The van der Waals surface area contributed by atoms with Crippen molar-refractivity contribution in [2.75, 3.05) is 0 Å². The minimum absolute atomic E-state index is 0.168. The fourth-order valence-corrected chi connectivity index (χ4v) is 8.33. The van der Waals surface area contributed by atoms with Crippen molar-refractivity contribution in [2.45, 2.75) is 85.0 Å². The summed E-state index contributed by atoms with van der Waals surface area (Å²) in [6.07, 6.45) is 13.8. The molecule has 1 N–H and O–H groups in total. The van der Waals surface area contributed by atoms with E-state index in [1.165, 1.54) is 57.8 Å². The van der Waals surface area contributed by atoms with Crippen molar-refractivity contribution in [3.8, 4) is 0 Å². The summed E-state index contributed by atoms with van der Waals surface area (Å²) >= 11 is 0. The Hall–Kier alpha value is -0.530. The Labute approximate surface area is 147 Å². The van der Waals surface area contributed by atoms with E-state index in [0.29, 0.717) is 11.3 Å². The molecule has 0 bridgehead atoms. The summed E-state index contributed by atoms with van der Waals surface area (Å²) in [4.78, 5) is 11.6. The molecule has 136 valence electrons. The summed E-state index contributed by atoms with van der Waals surface area (Å²) in [5, 5.41) is 9.57. The van der Waals surface area contributed by atoms with Gasteiger partial charge in [0.15, 0.2) is 0 Å². The number of carboxylic acids is 1. The number of rotatable bonds is 2. The fourth-order valence-electron chi connectivity index (χ4n) is 8.33. The van der Waals surface area contributed by atoms with Crippen molar-refractivity contribution in [1.82, 2.24) is 0 Å². The number of hydrogen-bond acceptors (Lipinski definition) is 1. The molecular formula is C22H36O2. The van der Waals surface area contributed by atoms with Crippen LogP contribution in [0, 0.1) is 46.3 Å². The maximum absolute atomic E-state index is 11.6. The zero-order valence-electron chi connectivity index (χ0n) is 15.9. The smallest absolute Gasteiger partial charge is 0.306 e. The number of fused-ring (bicyclic) bond motifs is 5. The van der Waals surface area contributed by atoms with Crippen molar-refractivity contribution in [1.29, 1.82) is 0 Å². The molecule has 8 unspecified atom stereocenters. The van der Waals surface area contributed by atoms with Crippen molar-refractivity contribution >= 4 is 5.97 Å². The molecule has 0 aromatic heterocycles. The van der Waals surface area contributed by atoms with E-state index < -0.39 is 5.97 Å². The van der Waals surface area contributed by atoms with Crippen LogP contribution in [0.15, 0.2) is 0 Å². The molecule has 0 radical (unpaired) electrons. The molecule has 4 saturated carbocycles. The van der Waals surface area contributed by atoms with Crippen molar-refractivity contribution in [3.05, 3.63) is 0 Å². The molecule has 2 nitrogen and oxygen atoms in total. The lowest BCUT2D eigenvalue weighted by Gasteiger charge is -2.60. The molecule has 24 heavy (non-hydrogen) atoms. The number of carboxylic acid groups (broad SMARTS) is 1. The topological polar surface area (TPSA) is 37.3 Å². The van der Waals surface area contributed by atoms with Gasteiger partial charge in [0.25, 0.3) is 0 Å². The lowest BCUT2D eigenvalue weighted by atomic mass is 9.44. The van der Waals surface area contributed by atoms with Gasteiger partial charge in [-0.2, -0.15) is 0 Å². The number of hydrogen-bond donors (Lipinski definition) is 1. The first-order valence-electron chi connectivity index (χ1n) is 10.6. The third kappa shape index (κ3) is 2.23. The van der Waals surface area contributed by atoms with E-state index in [-0.39, 0.29) is 11.3 Å². The lowest BCUT2D eigenvalue weighted by Crippen LogP contribution is -2.53. The van der Waals surface area contributed by atoms with Gasteiger partial charge in [0.1, 0.15) is 0 Å². The monoisotopic (exact) mass is 332 g/mol. The van der Waals surface area contributed by atoms with Gasteiger partial charge in [-0.3, -0.25) is 4.79 Å². The van der Waals surface area contributed by atoms with Crippen LogP contribution >= 0.6 is 0 Å². The van der Waals surface area contributed by atoms with Crippen LogP contribution in [-0.4, -0.2) is 11.1 Å². The van der Waals surface area contributed by atoms with Crippen LogP contribution in [0.3, 0.4) is 0 Å². The summed E-state index contributed by atoms with van der Waals surface area (Å²) < 4.78 is 0. The fraction of sp³-hybridized carbons (Fsp3) is 0.955. The normalized spacial score (nSPS) is 52.0. The van der Waals surface area contributed by atoms with E-state index in [0.717, 1.165) is 30.1 Å². The first-order valence-corrected chi connectivity index (χ1v) is 10.6. The quantitative estimate of drug-likeness (QED) is 0.698. The second-order valence-corrected chi connectivity index (χ2v) is 10.3. The molecular weight excluding hydrogens is 296 g/mol. The Morgan fingerprint density at radius 3 is 2.42 bits per heavy atom. The molecule has 2 heteroatoms. The molecule has 0 aromatic carbocycles. The van der Waals surface area contributed by atoms with E-state index in [4.69, 9.17) is 0 Å². The van der Waals surface area contributed by atoms with Crippen LogP contribution < -0.4 is 0 Å². The average Bonchev–Trinajstić information content (AvgIpc) is 2.90. The van der Waals surface area contributed by atoms with Crippen LogP contribution in [0.5, 0.6) is 0 Å². The first kappa shape index (κ1) is 16.9. The Balaban J connectivity index is 1.60. The summed E-state index contributed by atoms with van der Waals surface area (Å²) in [6, 6.07) is 0. The van der Waals surface area contributed by atoms with E-state index in [9.17, 15) is 9.90 Å². The minimum Gasteiger partial charge on any atom is -0.481 e. The molecule has 0 saturated heterocycles. The van der Waals surface area contributed by atoms with Gasteiger partial charge < -0.3 is 5.11 Å². The highest BCUT2D eigenvalue weighted by Crippen LogP contribution is 2.68. The lowest BCUT2D eigenvalue weighted by molar-refractivity contribution is -0.148. The number of carbonyl (C=O) groups is 1. The van der Waals surface area contributed by atoms with E-state index in [1.807, 2.05) is 6.92 Å². The third-order valence-corrected chi connectivity index (χ3v) is 9.65. The highest BCUT2D eigenvalue weighted by atomic mass is 16.4. The standard InChI is InChI=1S/C22H36O2/c1-14(20(23)24)17-9-10-18-16-8-7-15-6-4-5-12-21(15,2)19(16)11-13-22(17,18)3/h14-19H,4-13H2,1-3H3,(H,23,24). The van der Waals surface area contributed by atoms with Gasteiger partial charge in [0.2, 0.25) is 0 Å². The van der Waals surface area contributed by atoms with E-state index >= 15 is 0 Å². The van der Waals surface area contributed by atoms with Crippen LogP contribution in [-0.2, 0) is 4.79 Å².